The molecule has 0 aliphatic heterocycles. The second-order valence-corrected chi connectivity index (χ2v) is 4.58. The molecule has 1 aromatic heterocycles. The van der Waals surface area contributed by atoms with Crippen LogP contribution in [0.1, 0.15) is 22.2 Å². The Kier molecular flexibility index (Phi) is 3.22. The third kappa shape index (κ3) is 2.23. The normalized spacial score (nSPS) is 10.8. The first kappa shape index (κ1) is 11.1. The lowest BCUT2D eigenvalue weighted by atomic mass is 10.1. The maximum absolute atomic E-state index is 10.8. The molecule has 4 heteroatoms. The van der Waals surface area contributed by atoms with Gasteiger partial charge in [-0.2, -0.15) is 0 Å². The molecule has 0 aliphatic rings. The van der Waals surface area contributed by atoms with E-state index in [4.69, 9.17) is 9.84 Å². The van der Waals surface area contributed by atoms with Crippen molar-refractivity contribution in [1.29, 1.82) is 0 Å². The average molecular weight is 236 g/mol. The minimum Gasteiger partial charge on any atom is -0.478 e. The van der Waals surface area contributed by atoms with Crippen LogP contribution >= 0.6 is 11.3 Å². The number of thiophene rings is 1. The number of carboxylic acids is 1. The van der Waals surface area contributed by atoms with Crippen LogP contribution < -0.4 is 0 Å². The molecular formula is C12H12O3S. The molecule has 0 aliphatic carbocycles. The Balaban J connectivity index is 2.34. The Morgan fingerprint density at radius 1 is 1.44 bits per heavy atom. The maximum Gasteiger partial charge on any atom is 0.335 e. The van der Waals surface area contributed by atoms with E-state index in [0.717, 1.165) is 15.0 Å². The Morgan fingerprint density at radius 2 is 2.25 bits per heavy atom. The fourth-order valence-corrected chi connectivity index (χ4v) is 2.49. The molecule has 16 heavy (non-hydrogen) atoms. The number of carbonyl (C=O) groups is 1. The molecule has 0 unspecified atom stereocenters. The Morgan fingerprint density at radius 3 is 2.94 bits per heavy atom. The van der Waals surface area contributed by atoms with E-state index in [1.165, 1.54) is 0 Å². The lowest BCUT2D eigenvalue weighted by molar-refractivity contribution is 0.0697. The van der Waals surface area contributed by atoms with E-state index in [0.29, 0.717) is 18.8 Å². The van der Waals surface area contributed by atoms with Gasteiger partial charge in [0.1, 0.15) is 0 Å². The second kappa shape index (κ2) is 4.63. The average Bonchev–Trinajstić information content (AvgIpc) is 2.67. The number of benzene rings is 1. The van der Waals surface area contributed by atoms with Crippen molar-refractivity contribution in [1.82, 2.24) is 0 Å². The number of ether oxygens (including phenoxy) is 1. The van der Waals surface area contributed by atoms with Crippen LogP contribution in [-0.2, 0) is 11.3 Å². The molecule has 0 bridgehead atoms. The molecule has 1 heterocycles. The highest BCUT2D eigenvalue weighted by Crippen LogP contribution is 2.27. The van der Waals surface area contributed by atoms with Gasteiger partial charge >= 0.3 is 5.97 Å². The first-order valence-corrected chi connectivity index (χ1v) is 5.86. The first-order chi connectivity index (χ1) is 7.70. The second-order valence-electron chi connectivity index (χ2n) is 3.41. The van der Waals surface area contributed by atoms with Gasteiger partial charge in [-0.3, -0.25) is 0 Å². The van der Waals surface area contributed by atoms with Crippen molar-refractivity contribution in [2.75, 3.05) is 6.61 Å². The highest BCUT2D eigenvalue weighted by molar-refractivity contribution is 7.19. The smallest absolute Gasteiger partial charge is 0.335 e. The van der Waals surface area contributed by atoms with E-state index >= 15 is 0 Å². The minimum atomic E-state index is -0.889. The molecule has 3 nitrogen and oxygen atoms in total. The van der Waals surface area contributed by atoms with E-state index in [1.54, 1.807) is 23.5 Å². The highest BCUT2D eigenvalue weighted by Gasteiger charge is 2.06. The maximum atomic E-state index is 10.8. The summed E-state index contributed by atoms with van der Waals surface area (Å²) in [6, 6.07) is 7.16. The Hall–Kier alpha value is -1.39. The van der Waals surface area contributed by atoms with E-state index in [1.807, 2.05) is 19.1 Å². The van der Waals surface area contributed by atoms with Crippen LogP contribution in [0.3, 0.4) is 0 Å². The van der Waals surface area contributed by atoms with Crippen molar-refractivity contribution in [2.45, 2.75) is 13.5 Å². The molecule has 1 aromatic carbocycles. The molecule has 0 radical (unpaired) electrons. The van der Waals surface area contributed by atoms with Crippen LogP contribution in [0.15, 0.2) is 24.3 Å². The number of carboxylic acid groups (broad SMARTS) is 1. The monoisotopic (exact) mass is 236 g/mol. The molecule has 84 valence electrons. The summed E-state index contributed by atoms with van der Waals surface area (Å²) in [6.45, 7) is 3.24. The van der Waals surface area contributed by atoms with Crippen LogP contribution in [0.25, 0.3) is 10.1 Å². The predicted molar refractivity (Wildman–Crippen MR) is 64.1 cm³/mol. The van der Waals surface area contributed by atoms with E-state index in [9.17, 15) is 4.79 Å². The van der Waals surface area contributed by atoms with Crippen molar-refractivity contribution in [3.05, 3.63) is 34.7 Å². The Labute approximate surface area is 97.3 Å². The lowest BCUT2D eigenvalue weighted by Gasteiger charge is -1.94. The molecule has 2 rings (SSSR count). The van der Waals surface area contributed by atoms with Gasteiger partial charge in [-0.25, -0.2) is 4.79 Å². The summed E-state index contributed by atoms with van der Waals surface area (Å²) in [5.41, 5.74) is 0.327. The van der Waals surface area contributed by atoms with Crippen molar-refractivity contribution in [3.63, 3.8) is 0 Å². The zero-order valence-electron chi connectivity index (χ0n) is 8.90. The third-order valence-electron chi connectivity index (χ3n) is 2.26. The van der Waals surface area contributed by atoms with Crippen molar-refractivity contribution in [2.24, 2.45) is 0 Å². The number of rotatable bonds is 4. The standard InChI is InChI=1S/C12H12O3S/c1-2-15-7-10-6-9-5-8(12(13)14)3-4-11(9)16-10/h3-6H,2,7H2,1H3,(H,13,14). The van der Waals surface area contributed by atoms with Crippen molar-refractivity contribution in [3.8, 4) is 0 Å². The predicted octanol–water partition coefficient (Wildman–Crippen LogP) is 3.14. The molecule has 0 saturated heterocycles. The number of hydrogen-bond acceptors (Lipinski definition) is 3. The quantitative estimate of drug-likeness (QED) is 0.887. The van der Waals surface area contributed by atoms with Gasteiger partial charge < -0.3 is 9.84 Å². The molecule has 0 amide bonds. The number of fused-ring (bicyclic) bond motifs is 1. The molecule has 0 spiro atoms. The van der Waals surface area contributed by atoms with E-state index < -0.39 is 5.97 Å². The van der Waals surface area contributed by atoms with Crippen molar-refractivity contribution < 1.29 is 14.6 Å². The van der Waals surface area contributed by atoms with Crippen LogP contribution in [0.4, 0.5) is 0 Å². The summed E-state index contributed by atoms with van der Waals surface area (Å²) in [7, 11) is 0. The van der Waals surface area contributed by atoms with Gasteiger partial charge in [-0.1, -0.05) is 0 Å². The lowest BCUT2D eigenvalue weighted by Crippen LogP contribution is -1.94. The molecular weight excluding hydrogens is 224 g/mol. The van der Waals surface area contributed by atoms with Crippen molar-refractivity contribution >= 4 is 27.4 Å². The van der Waals surface area contributed by atoms with Gasteiger partial charge in [-0.15, -0.1) is 11.3 Å². The summed E-state index contributed by atoms with van der Waals surface area (Å²) < 4.78 is 6.42. The van der Waals surface area contributed by atoms with Gasteiger partial charge in [0.05, 0.1) is 12.2 Å². The number of hydrogen-bond donors (Lipinski definition) is 1. The van der Waals surface area contributed by atoms with Crippen LogP contribution in [0.5, 0.6) is 0 Å². The van der Waals surface area contributed by atoms with E-state index in [2.05, 4.69) is 0 Å². The fraction of sp³-hybridized carbons (Fsp3) is 0.250. The summed E-state index contributed by atoms with van der Waals surface area (Å²) in [5.74, 6) is -0.889. The van der Waals surface area contributed by atoms with Crippen LogP contribution in [0.2, 0.25) is 0 Å². The highest BCUT2D eigenvalue weighted by atomic mass is 32.1. The molecule has 0 atom stereocenters. The zero-order valence-corrected chi connectivity index (χ0v) is 9.71. The van der Waals surface area contributed by atoms with Gasteiger partial charge in [0.25, 0.3) is 0 Å². The summed E-state index contributed by atoms with van der Waals surface area (Å²) in [6.07, 6.45) is 0. The first-order valence-electron chi connectivity index (χ1n) is 5.04. The van der Waals surface area contributed by atoms with Gasteiger partial charge in [0.2, 0.25) is 0 Å². The zero-order chi connectivity index (χ0) is 11.5. The number of aromatic carboxylic acids is 1. The summed E-state index contributed by atoms with van der Waals surface area (Å²) >= 11 is 1.64. The minimum absolute atomic E-state index is 0.327. The molecule has 2 aromatic rings. The van der Waals surface area contributed by atoms with Gasteiger partial charge in [0, 0.05) is 16.2 Å². The van der Waals surface area contributed by atoms with E-state index in [-0.39, 0.29) is 0 Å². The topological polar surface area (TPSA) is 46.5 Å². The SMILES string of the molecule is CCOCc1cc2cc(C(=O)O)ccc2s1. The third-order valence-corrected chi connectivity index (χ3v) is 3.35. The Bertz CT molecular complexity index is 516. The van der Waals surface area contributed by atoms with Crippen LogP contribution in [-0.4, -0.2) is 17.7 Å². The summed E-state index contributed by atoms with van der Waals surface area (Å²) in [4.78, 5) is 11.9. The van der Waals surface area contributed by atoms with Gasteiger partial charge in [-0.05, 0) is 36.6 Å². The molecule has 1 N–H and O–H groups in total. The molecule has 0 fully saturated rings. The summed E-state index contributed by atoms with van der Waals surface area (Å²) in [5, 5.41) is 9.84. The molecule has 0 saturated carbocycles. The fourth-order valence-electron chi connectivity index (χ4n) is 1.51. The largest absolute Gasteiger partial charge is 0.478 e. The van der Waals surface area contributed by atoms with Crippen LogP contribution in [0, 0.1) is 0 Å². The van der Waals surface area contributed by atoms with Gasteiger partial charge in [0.15, 0.2) is 0 Å².